The first-order valence-electron chi connectivity index (χ1n) is 10.2. The second kappa shape index (κ2) is 6.93. The van der Waals surface area contributed by atoms with Crippen LogP contribution in [0.1, 0.15) is 50.3 Å². The van der Waals surface area contributed by atoms with Crippen LogP contribution in [-0.4, -0.2) is 62.2 Å². The number of carbonyl (C=O) groups excluding carboxylic acids is 1. The fourth-order valence-corrected chi connectivity index (χ4v) is 4.74. The molecule has 27 heavy (non-hydrogen) atoms. The van der Waals surface area contributed by atoms with Crippen molar-refractivity contribution < 1.29 is 14.7 Å². The summed E-state index contributed by atoms with van der Waals surface area (Å²) in [4.78, 5) is 28.4. The molecule has 1 amide bonds. The Bertz CT molecular complexity index is 732. The molecule has 1 aromatic heterocycles. The number of carboxylic acid groups (broad SMARTS) is 1. The summed E-state index contributed by atoms with van der Waals surface area (Å²) in [6.07, 6.45) is 6.52. The molecular weight excluding hydrogens is 344 g/mol. The van der Waals surface area contributed by atoms with Crippen LogP contribution in [-0.2, 0) is 22.7 Å². The molecule has 1 aromatic rings. The summed E-state index contributed by atoms with van der Waals surface area (Å²) in [5, 5.41) is 14.2. The Morgan fingerprint density at radius 2 is 2.00 bits per heavy atom. The smallest absolute Gasteiger partial charge is 0.326 e. The van der Waals surface area contributed by atoms with Gasteiger partial charge in [-0.05, 0) is 64.5 Å². The number of aromatic nitrogens is 2. The molecule has 7 heteroatoms. The number of amides is 1. The zero-order chi connectivity index (χ0) is 19.2. The van der Waals surface area contributed by atoms with Gasteiger partial charge in [0, 0.05) is 37.3 Å². The van der Waals surface area contributed by atoms with Crippen LogP contribution in [0.5, 0.6) is 0 Å². The van der Waals surface area contributed by atoms with Gasteiger partial charge in [-0.1, -0.05) is 0 Å². The average molecular weight is 374 g/mol. The Kier molecular flexibility index (Phi) is 4.74. The predicted octanol–water partition coefficient (Wildman–Crippen LogP) is 1.89. The Morgan fingerprint density at radius 3 is 2.56 bits per heavy atom. The summed E-state index contributed by atoms with van der Waals surface area (Å²) in [7, 11) is 0. The van der Waals surface area contributed by atoms with E-state index in [4.69, 9.17) is 0 Å². The van der Waals surface area contributed by atoms with Crippen LogP contribution in [0, 0.1) is 18.3 Å². The Hall–Kier alpha value is -1.89. The lowest BCUT2D eigenvalue weighted by Gasteiger charge is -2.39. The van der Waals surface area contributed by atoms with Gasteiger partial charge in [0.25, 0.3) is 0 Å². The zero-order valence-electron chi connectivity index (χ0n) is 16.4. The number of piperidine rings is 1. The highest BCUT2D eigenvalue weighted by molar-refractivity contribution is 5.87. The molecule has 0 unspecified atom stereocenters. The van der Waals surface area contributed by atoms with E-state index in [1.165, 1.54) is 5.56 Å². The van der Waals surface area contributed by atoms with Gasteiger partial charge in [0.05, 0.1) is 5.69 Å². The first-order chi connectivity index (χ1) is 12.9. The summed E-state index contributed by atoms with van der Waals surface area (Å²) in [6, 6.07) is -0.630. The zero-order valence-corrected chi connectivity index (χ0v) is 16.4. The van der Waals surface area contributed by atoms with Crippen molar-refractivity contribution in [3.05, 3.63) is 17.5 Å². The number of rotatable bonds is 5. The van der Waals surface area contributed by atoms with E-state index in [0.29, 0.717) is 13.0 Å². The lowest BCUT2D eigenvalue weighted by molar-refractivity contribution is -0.148. The third kappa shape index (κ3) is 3.61. The molecule has 0 aromatic carbocycles. The van der Waals surface area contributed by atoms with Gasteiger partial charge in [-0.3, -0.25) is 14.4 Å². The maximum absolute atomic E-state index is 12.6. The summed E-state index contributed by atoms with van der Waals surface area (Å²) >= 11 is 0. The highest BCUT2D eigenvalue weighted by atomic mass is 16.4. The average Bonchev–Trinajstić information content (AvgIpc) is 3.35. The third-order valence-electron chi connectivity index (χ3n) is 6.69. The fraction of sp³-hybridized carbons (Fsp3) is 0.750. The van der Waals surface area contributed by atoms with Crippen molar-refractivity contribution in [3.63, 3.8) is 0 Å². The van der Waals surface area contributed by atoms with Crippen LogP contribution in [0.25, 0.3) is 0 Å². The van der Waals surface area contributed by atoms with Gasteiger partial charge in [0.2, 0.25) is 5.91 Å². The minimum absolute atomic E-state index is 0.0211. The lowest BCUT2D eigenvalue weighted by atomic mass is 9.76. The molecule has 7 nitrogen and oxygen atoms in total. The highest BCUT2D eigenvalue weighted by Crippen LogP contribution is 2.45. The molecule has 1 N–H and O–H groups in total. The highest BCUT2D eigenvalue weighted by Gasteiger charge is 2.51. The van der Waals surface area contributed by atoms with E-state index in [1.54, 1.807) is 4.90 Å². The SMILES string of the molecule is CCn1cc(CN2CCC3(CC2)C[C@@H](C(=O)O)N(C(=O)C2CC2)C3)c(C)n1. The molecule has 3 aliphatic rings. The number of aliphatic carboxylic acids is 1. The summed E-state index contributed by atoms with van der Waals surface area (Å²) in [5.41, 5.74) is 2.34. The molecule has 1 atom stereocenters. The standard InChI is InChI=1S/C20H30N4O3/c1-3-23-12-16(14(2)21-23)11-22-8-6-20(7-9-22)10-17(19(26)27)24(13-20)18(25)15-4-5-15/h12,15,17H,3-11,13H2,1-2H3,(H,26,27)/t17-/m0/s1. The van der Waals surface area contributed by atoms with Crippen molar-refractivity contribution in [1.29, 1.82) is 0 Å². The van der Waals surface area contributed by atoms with E-state index in [0.717, 1.165) is 57.6 Å². The van der Waals surface area contributed by atoms with Crippen molar-refractivity contribution in [2.24, 2.45) is 11.3 Å². The summed E-state index contributed by atoms with van der Waals surface area (Å²) in [6.45, 7) is 8.46. The molecule has 1 spiro atoms. The van der Waals surface area contributed by atoms with Crippen molar-refractivity contribution >= 4 is 11.9 Å². The maximum atomic E-state index is 12.6. The van der Waals surface area contributed by atoms with Gasteiger partial charge in [0.15, 0.2) is 0 Å². The topological polar surface area (TPSA) is 78.7 Å². The first kappa shape index (κ1) is 18.5. The molecule has 3 heterocycles. The Labute approximate surface area is 160 Å². The van der Waals surface area contributed by atoms with E-state index in [-0.39, 0.29) is 17.2 Å². The number of nitrogens with zero attached hydrogens (tertiary/aromatic N) is 4. The van der Waals surface area contributed by atoms with Crippen LogP contribution in [0.15, 0.2) is 6.20 Å². The number of carboxylic acids is 1. The monoisotopic (exact) mass is 374 g/mol. The summed E-state index contributed by atoms with van der Waals surface area (Å²) < 4.78 is 1.98. The predicted molar refractivity (Wildman–Crippen MR) is 100 cm³/mol. The molecule has 1 saturated carbocycles. The minimum Gasteiger partial charge on any atom is -0.480 e. The quantitative estimate of drug-likeness (QED) is 0.851. The molecule has 1 aliphatic carbocycles. The largest absolute Gasteiger partial charge is 0.480 e. The molecule has 2 saturated heterocycles. The Morgan fingerprint density at radius 1 is 1.30 bits per heavy atom. The number of likely N-dealkylation sites (tertiary alicyclic amines) is 2. The van der Waals surface area contributed by atoms with Gasteiger partial charge in [-0.2, -0.15) is 5.10 Å². The molecular formula is C20H30N4O3. The number of hydrogen-bond acceptors (Lipinski definition) is 4. The van der Waals surface area contributed by atoms with Crippen LogP contribution in [0.4, 0.5) is 0 Å². The van der Waals surface area contributed by atoms with Gasteiger partial charge < -0.3 is 10.0 Å². The lowest BCUT2D eigenvalue weighted by Crippen LogP contribution is -2.43. The van der Waals surface area contributed by atoms with E-state index in [2.05, 4.69) is 30.0 Å². The second-order valence-corrected chi connectivity index (χ2v) is 8.67. The maximum Gasteiger partial charge on any atom is 0.326 e. The Balaban J connectivity index is 1.39. The van der Waals surface area contributed by atoms with Crippen molar-refractivity contribution in [3.8, 4) is 0 Å². The van der Waals surface area contributed by atoms with Crippen LogP contribution < -0.4 is 0 Å². The molecule has 0 bridgehead atoms. The molecule has 4 rings (SSSR count). The van der Waals surface area contributed by atoms with Crippen molar-refractivity contribution in [2.75, 3.05) is 19.6 Å². The molecule has 148 valence electrons. The summed E-state index contributed by atoms with van der Waals surface area (Å²) in [5.74, 6) is -0.685. The van der Waals surface area contributed by atoms with Gasteiger partial charge in [-0.15, -0.1) is 0 Å². The van der Waals surface area contributed by atoms with Gasteiger partial charge in [-0.25, -0.2) is 4.79 Å². The molecule has 3 fully saturated rings. The molecule has 2 aliphatic heterocycles. The van der Waals surface area contributed by atoms with Crippen LogP contribution in [0.2, 0.25) is 0 Å². The van der Waals surface area contributed by atoms with E-state index >= 15 is 0 Å². The minimum atomic E-state index is -0.842. The molecule has 0 radical (unpaired) electrons. The van der Waals surface area contributed by atoms with Gasteiger partial charge in [0.1, 0.15) is 6.04 Å². The van der Waals surface area contributed by atoms with E-state index in [1.807, 2.05) is 4.68 Å². The normalized spacial score (nSPS) is 25.3. The van der Waals surface area contributed by atoms with Crippen LogP contribution >= 0.6 is 0 Å². The number of hydrogen-bond donors (Lipinski definition) is 1. The van der Waals surface area contributed by atoms with E-state index < -0.39 is 12.0 Å². The number of aryl methyl sites for hydroxylation is 2. The second-order valence-electron chi connectivity index (χ2n) is 8.67. The third-order valence-corrected chi connectivity index (χ3v) is 6.69. The van der Waals surface area contributed by atoms with E-state index in [9.17, 15) is 14.7 Å². The van der Waals surface area contributed by atoms with Crippen molar-refractivity contribution in [2.45, 2.75) is 65.1 Å². The fourth-order valence-electron chi connectivity index (χ4n) is 4.74. The first-order valence-corrected chi connectivity index (χ1v) is 10.2. The van der Waals surface area contributed by atoms with Gasteiger partial charge >= 0.3 is 5.97 Å². The van der Waals surface area contributed by atoms with Crippen molar-refractivity contribution in [1.82, 2.24) is 19.6 Å². The van der Waals surface area contributed by atoms with Crippen LogP contribution in [0.3, 0.4) is 0 Å². The number of carbonyl (C=O) groups is 2.